The van der Waals surface area contributed by atoms with Gasteiger partial charge in [-0.3, -0.25) is 14.4 Å². The van der Waals surface area contributed by atoms with Gasteiger partial charge in [-0.05, 0) is 12.1 Å². The van der Waals surface area contributed by atoms with E-state index in [1.54, 1.807) is 12.1 Å². The number of ketones is 1. The van der Waals surface area contributed by atoms with Gasteiger partial charge in [0.15, 0.2) is 5.78 Å². The fourth-order valence-corrected chi connectivity index (χ4v) is 1.65. The molecule has 1 aromatic carbocycles. The lowest BCUT2D eigenvalue weighted by molar-refractivity contribution is -0.150. The van der Waals surface area contributed by atoms with Gasteiger partial charge in [0, 0.05) is 5.56 Å². The molecular weight excluding hydrogens is 264 g/mol. The first-order valence-electron chi connectivity index (χ1n) is 5.86. The molecule has 0 aliphatic heterocycles. The molecule has 0 aliphatic rings. The molecule has 0 spiro atoms. The van der Waals surface area contributed by atoms with Crippen molar-refractivity contribution in [2.75, 3.05) is 21.3 Å². The third-order valence-electron chi connectivity index (χ3n) is 2.75. The van der Waals surface area contributed by atoms with Crippen molar-refractivity contribution in [3.63, 3.8) is 0 Å². The second-order valence-electron chi connectivity index (χ2n) is 3.95. The maximum absolute atomic E-state index is 12.3. The van der Waals surface area contributed by atoms with Crippen molar-refractivity contribution in [1.29, 1.82) is 0 Å². The van der Waals surface area contributed by atoms with E-state index >= 15 is 0 Å². The summed E-state index contributed by atoms with van der Waals surface area (Å²) in [6.45, 7) is 0. The Kier molecular flexibility index (Phi) is 5.71. The van der Waals surface area contributed by atoms with E-state index in [1.165, 1.54) is 26.4 Å². The van der Waals surface area contributed by atoms with Gasteiger partial charge in [-0.25, -0.2) is 0 Å². The molecule has 6 heteroatoms. The molecule has 0 aliphatic carbocycles. The molecule has 0 saturated carbocycles. The second kappa shape index (κ2) is 7.28. The Morgan fingerprint density at radius 1 is 1.10 bits per heavy atom. The van der Waals surface area contributed by atoms with E-state index in [0.717, 1.165) is 7.11 Å². The van der Waals surface area contributed by atoms with Gasteiger partial charge in [0.1, 0.15) is 11.7 Å². The fourth-order valence-electron chi connectivity index (χ4n) is 1.65. The van der Waals surface area contributed by atoms with Gasteiger partial charge in [-0.2, -0.15) is 0 Å². The molecule has 0 amide bonds. The molecule has 0 saturated heterocycles. The highest BCUT2D eigenvalue weighted by Gasteiger charge is 2.31. The first kappa shape index (κ1) is 15.7. The summed E-state index contributed by atoms with van der Waals surface area (Å²) in [5.74, 6) is -2.68. The summed E-state index contributed by atoms with van der Waals surface area (Å²) in [4.78, 5) is 35.2. The molecule has 1 atom stereocenters. The number of hydrogen-bond donors (Lipinski definition) is 0. The van der Waals surface area contributed by atoms with E-state index in [1.807, 2.05) is 0 Å². The minimum absolute atomic E-state index is 0.267. The summed E-state index contributed by atoms with van der Waals surface area (Å²) in [5.41, 5.74) is 0.267. The fraction of sp³-hybridized carbons (Fsp3) is 0.357. The largest absolute Gasteiger partial charge is 0.497 e. The highest BCUT2D eigenvalue weighted by Crippen LogP contribution is 2.19. The van der Waals surface area contributed by atoms with Crippen LogP contribution in [0.1, 0.15) is 16.8 Å². The molecule has 108 valence electrons. The predicted molar refractivity (Wildman–Crippen MR) is 69.5 cm³/mol. The van der Waals surface area contributed by atoms with Gasteiger partial charge in [0.2, 0.25) is 0 Å². The Hall–Kier alpha value is -2.37. The summed E-state index contributed by atoms with van der Waals surface area (Å²) in [6.07, 6.45) is -0.362. The lowest BCUT2D eigenvalue weighted by atomic mass is 9.94. The Labute approximate surface area is 116 Å². The van der Waals surface area contributed by atoms with Crippen LogP contribution in [0.4, 0.5) is 0 Å². The van der Waals surface area contributed by atoms with Gasteiger partial charge in [0.25, 0.3) is 0 Å². The first-order chi connectivity index (χ1) is 9.53. The molecule has 6 nitrogen and oxygen atoms in total. The number of carbonyl (C=O) groups excluding carboxylic acids is 3. The van der Waals surface area contributed by atoms with Crippen LogP contribution in [0.25, 0.3) is 0 Å². The Bertz CT molecular complexity index is 508. The molecule has 0 fully saturated rings. The van der Waals surface area contributed by atoms with E-state index in [0.29, 0.717) is 5.75 Å². The third-order valence-corrected chi connectivity index (χ3v) is 2.75. The minimum Gasteiger partial charge on any atom is -0.497 e. The van der Waals surface area contributed by atoms with Gasteiger partial charge in [-0.15, -0.1) is 0 Å². The van der Waals surface area contributed by atoms with Crippen LogP contribution in [-0.4, -0.2) is 39.1 Å². The van der Waals surface area contributed by atoms with Crippen LogP contribution in [0.3, 0.4) is 0 Å². The number of ether oxygens (including phenoxy) is 3. The smallest absolute Gasteiger partial charge is 0.317 e. The molecule has 0 aromatic heterocycles. The highest BCUT2D eigenvalue weighted by atomic mass is 16.5. The molecular formula is C14H16O6. The van der Waals surface area contributed by atoms with Gasteiger partial charge < -0.3 is 14.2 Å². The molecule has 1 rings (SSSR count). The number of carbonyl (C=O) groups is 3. The average molecular weight is 280 g/mol. The quantitative estimate of drug-likeness (QED) is 0.443. The highest BCUT2D eigenvalue weighted by molar-refractivity contribution is 6.10. The number of esters is 2. The zero-order valence-electron chi connectivity index (χ0n) is 11.5. The van der Waals surface area contributed by atoms with Crippen molar-refractivity contribution < 1.29 is 28.6 Å². The predicted octanol–water partition coefficient (Wildman–Crippen LogP) is 1.23. The van der Waals surface area contributed by atoms with Crippen molar-refractivity contribution in [2.45, 2.75) is 6.42 Å². The monoisotopic (exact) mass is 280 g/mol. The Balaban J connectivity index is 3.02. The SMILES string of the molecule is COC(=O)C[C@@H](C(=O)OC)C(=O)c1cccc(OC)c1. The third kappa shape index (κ3) is 3.81. The molecule has 1 aromatic rings. The van der Waals surface area contributed by atoms with Crippen LogP contribution >= 0.6 is 0 Å². The number of methoxy groups -OCH3 is 3. The topological polar surface area (TPSA) is 78.9 Å². The van der Waals surface area contributed by atoms with E-state index in [2.05, 4.69) is 9.47 Å². The number of Topliss-reactive ketones (excluding diaryl/α,β-unsaturated/α-hetero) is 1. The Morgan fingerprint density at radius 3 is 2.35 bits per heavy atom. The zero-order valence-corrected chi connectivity index (χ0v) is 11.5. The van der Waals surface area contributed by atoms with Crippen LogP contribution in [0, 0.1) is 5.92 Å². The maximum Gasteiger partial charge on any atom is 0.317 e. The van der Waals surface area contributed by atoms with Gasteiger partial charge in [0.05, 0.1) is 27.8 Å². The van der Waals surface area contributed by atoms with E-state index < -0.39 is 23.6 Å². The van der Waals surface area contributed by atoms with Crippen LogP contribution in [-0.2, 0) is 19.1 Å². The molecule has 0 unspecified atom stereocenters. The second-order valence-corrected chi connectivity index (χ2v) is 3.95. The van der Waals surface area contributed by atoms with Crippen LogP contribution in [0.2, 0.25) is 0 Å². The molecule has 20 heavy (non-hydrogen) atoms. The molecule has 0 bridgehead atoms. The van der Waals surface area contributed by atoms with Crippen molar-refractivity contribution in [3.05, 3.63) is 29.8 Å². The van der Waals surface area contributed by atoms with E-state index in [4.69, 9.17) is 4.74 Å². The zero-order chi connectivity index (χ0) is 15.1. The van der Waals surface area contributed by atoms with Gasteiger partial charge >= 0.3 is 11.9 Å². The van der Waals surface area contributed by atoms with Crippen LogP contribution in [0.5, 0.6) is 5.75 Å². The first-order valence-corrected chi connectivity index (χ1v) is 5.86. The lowest BCUT2D eigenvalue weighted by Crippen LogP contribution is -2.28. The van der Waals surface area contributed by atoms with Crippen molar-refractivity contribution in [3.8, 4) is 5.75 Å². The maximum atomic E-state index is 12.3. The van der Waals surface area contributed by atoms with Crippen LogP contribution < -0.4 is 4.74 Å². The van der Waals surface area contributed by atoms with Crippen molar-refractivity contribution in [2.24, 2.45) is 5.92 Å². The summed E-state index contributed by atoms with van der Waals surface area (Å²) in [5, 5.41) is 0. The summed E-state index contributed by atoms with van der Waals surface area (Å²) < 4.78 is 14.1. The molecule has 0 heterocycles. The number of benzene rings is 1. The normalized spacial score (nSPS) is 11.3. The Morgan fingerprint density at radius 2 is 1.80 bits per heavy atom. The standard InChI is InChI=1S/C14H16O6/c1-18-10-6-4-5-9(7-10)13(16)11(14(17)20-3)8-12(15)19-2/h4-7,11H,8H2,1-3H3/t11-/m1/s1. The number of rotatable bonds is 6. The average Bonchev–Trinajstić information content (AvgIpc) is 2.50. The molecule has 0 radical (unpaired) electrons. The summed E-state index contributed by atoms with van der Waals surface area (Å²) >= 11 is 0. The van der Waals surface area contributed by atoms with Crippen molar-refractivity contribution >= 4 is 17.7 Å². The number of hydrogen-bond acceptors (Lipinski definition) is 6. The summed E-state index contributed by atoms with van der Waals surface area (Å²) in [6, 6.07) is 6.33. The summed E-state index contributed by atoms with van der Waals surface area (Å²) in [7, 11) is 3.81. The van der Waals surface area contributed by atoms with Gasteiger partial charge in [-0.1, -0.05) is 12.1 Å². The van der Waals surface area contributed by atoms with E-state index in [9.17, 15) is 14.4 Å². The lowest BCUT2D eigenvalue weighted by Gasteiger charge is -2.13. The van der Waals surface area contributed by atoms with E-state index in [-0.39, 0.29) is 12.0 Å². The molecule has 0 N–H and O–H groups in total. The van der Waals surface area contributed by atoms with Crippen LogP contribution in [0.15, 0.2) is 24.3 Å². The van der Waals surface area contributed by atoms with Crippen molar-refractivity contribution in [1.82, 2.24) is 0 Å². The minimum atomic E-state index is -1.22.